The smallest absolute Gasteiger partial charge is 0.334 e. The normalized spacial score (nSPS) is 21.6. The van der Waals surface area contributed by atoms with E-state index in [4.69, 9.17) is 4.74 Å². The van der Waals surface area contributed by atoms with Gasteiger partial charge in [0.25, 0.3) is 0 Å². The van der Waals surface area contributed by atoms with Crippen molar-refractivity contribution < 1.29 is 38.6 Å². The standard InChI is InChI=1S/C39H45N5O8/c1-23(2)18-32-39(51)52-33-16-10-24(3)19-28(33)13-17-34(46)42-30(21-27-11-14-29(45)15-12-27)37(49)41-25(4)36(48)40-22-35(47)43-31(38(50)44-32)20-26-8-6-5-7-9-26/h5-17,19,23,25,30-32,45H,18,20-22H2,1-4H3,(H,40,48)(H,41,49)(H,42,46)(H,43,47)(H,44,50)/b17-13-/t25-,30+,31+,32-/m1/s1. The molecule has 1 aliphatic heterocycles. The number of fused-ring (bicyclic) bond motifs is 1. The maximum absolute atomic E-state index is 13.7. The molecule has 5 amide bonds. The minimum Gasteiger partial charge on any atom is -0.508 e. The molecule has 0 saturated heterocycles. The van der Waals surface area contributed by atoms with Gasteiger partial charge in [-0.2, -0.15) is 0 Å². The Kier molecular flexibility index (Phi) is 13.7. The number of benzene rings is 3. The third-order valence-electron chi connectivity index (χ3n) is 8.22. The second-order valence-electron chi connectivity index (χ2n) is 13.2. The van der Waals surface area contributed by atoms with Gasteiger partial charge >= 0.3 is 5.97 Å². The fraction of sp³-hybridized carbons (Fsp3) is 0.333. The Morgan fingerprint density at radius 3 is 2.04 bits per heavy atom. The summed E-state index contributed by atoms with van der Waals surface area (Å²) in [5.41, 5.74) is 2.58. The lowest BCUT2D eigenvalue weighted by Gasteiger charge is -2.24. The van der Waals surface area contributed by atoms with Crippen LogP contribution in [0.25, 0.3) is 6.08 Å². The number of carbonyl (C=O) groups excluding carboxylic acids is 6. The zero-order valence-corrected chi connectivity index (χ0v) is 29.6. The molecular weight excluding hydrogens is 666 g/mol. The van der Waals surface area contributed by atoms with Gasteiger partial charge in [0.15, 0.2) is 0 Å². The minimum absolute atomic E-state index is 0.0246. The molecule has 0 saturated carbocycles. The van der Waals surface area contributed by atoms with Gasteiger partial charge < -0.3 is 36.4 Å². The average Bonchev–Trinajstić information content (AvgIpc) is 3.10. The summed E-state index contributed by atoms with van der Waals surface area (Å²) in [5.74, 6) is -3.91. The van der Waals surface area contributed by atoms with Crippen molar-refractivity contribution >= 4 is 41.6 Å². The van der Waals surface area contributed by atoms with Crippen molar-refractivity contribution in [2.45, 2.75) is 71.1 Å². The van der Waals surface area contributed by atoms with E-state index in [-0.39, 0.29) is 36.7 Å². The van der Waals surface area contributed by atoms with E-state index in [9.17, 15) is 33.9 Å². The number of phenols is 1. The van der Waals surface area contributed by atoms with Crippen molar-refractivity contribution in [2.24, 2.45) is 5.92 Å². The number of hydrogen-bond acceptors (Lipinski definition) is 8. The Morgan fingerprint density at radius 2 is 1.37 bits per heavy atom. The van der Waals surface area contributed by atoms with Gasteiger partial charge in [0.1, 0.15) is 35.7 Å². The third kappa shape index (κ3) is 11.8. The van der Waals surface area contributed by atoms with Crippen LogP contribution in [0.3, 0.4) is 0 Å². The van der Waals surface area contributed by atoms with Crippen LogP contribution < -0.4 is 31.3 Å². The number of nitrogens with one attached hydrogen (secondary N) is 5. The molecule has 0 aliphatic carbocycles. The summed E-state index contributed by atoms with van der Waals surface area (Å²) in [4.78, 5) is 80.1. The molecule has 274 valence electrons. The first-order chi connectivity index (χ1) is 24.8. The number of amides is 5. The first-order valence-corrected chi connectivity index (χ1v) is 17.1. The van der Waals surface area contributed by atoms with Crippen LogP contribution in [0.5, 0.6) is 11.5 Å². The SMILES string of the molecule is Cc1ccc2c(c1)/C=C\C(=O)N[C@@H](Cc1ccc(O)cc1)C(=O)N[C@H](C)C(=O)NCC(=O)N[C@@H](Cc1ccccc1)C(=O)N[C@H](CC(C)C)C(=O)O2. The second-order valence-corrected chi connectivity index (χ2v) is 13.2. The third-order valence-corrected chi connectivity index (χ3v) is 8.22. The van der Waals surface area contributed by atoms with E-state index in [1.807, 2.05) is 26.8 Å². The highest BCUT2D eigenvalue weighted by molar-refractivity contribution is 5.98. The maximum atomic E-state index is 13.7. The molecule has 0 bridgehead atoms. The van der Waals surface area contributed by atoms with Gasteiger partial charge in [0.2, 0.25) is 29.5 Å². The number of phenolic OH excluding ortho intramolecular Hbond substituents is 1. The summed E-state index contributed by atoms with van der Waals surface area (Å²) in [7, 11) is 0. The molecule has 4 rings (SSSR count). The predicted molar refractivity (Wildman–Crippen MR) is 194 cm³/mol. The van der Waals surface area contributed by atoms with Gasteiger partial charge in [-0.1, -0.05) is 67.9 Å². The van der Waals surface area contributed by atoms with E-state index in [0.717, 1.165) is 11.1 Å². The number of rotatable bonds is 6. The van der Waals surface area contributed by atoms with Gasteiger partial charge in [0.05, 0.1) is 6.54 Å². The van der Waals surface area contributed by atoms with Gasteiger partial charge in [-0.15, -0.1) is 0 Å². The van der Waals surface area contributed by atoms with Crippen molar-refractivity contribution in [3.63, 3.8) is 0 Å². The van der Waals surface area contributed by atoms with E-state index in [1.165, 1.54) is 31.2 Å². The van der Waals surface area contributed by atoms with E-state index >= 15 is 0 Å². The molecule has 0 unspecified atom stereocenters. The molecule has 3 aromatic rings. The first kappa shape index (κ1) is 38.8. The molecule has 1 heterocycles. The highest BCUT2D eigenvalue weighted by atomic mass is 16.5. The van der Waals surface area contributed by atoms with E-state index in [1.54, 1.807) is 54.6 Å². The average molecular weight is 712 g/mol. The molecule has 3 aromatic carbocycles. The molecule has 13 heteroatoms. The van der Waals surface area contributed by atoms with Crippen molar-refractivity contribution in [3.05, 3.63) is 101 Å². The van der Waals surface area contributed by atoms with Crippen molar-refractivity contribution in [1.82, 2.24) is 26.6 Å². The Bertz CT molecular complexity index is 1790. The van der Waals surface area contributed by atoms with Gasteiger partial charge in [0, 0.05) is 24.5 Å². The topological polar surface area (TPSA) is 192 Å². The fourth-order valence-corrected chi connectivity index (χ4v) is 5.50. The fourth-order valence-electron chi connectivity index (χ4n) is 5.50. The Labute approximate surface area is 302 Å². The van der Waals surface area contributed by atoms with Crippen LogP contribution in [0.1, 0.15) is 49.4 Å². The number of aromatic hydroxyl groups is 1. The summed E-state index contributed by atoms with van der Waals surface area (Å²) in [6, 6.07) is 15.7. The van der Waals surface area contributed by atoms with Crippen molar-refractivity contribution in [1.29, 1.82) is 0 Å². The molecule has 0 spiro atoms. The van der Waals surface area contributed by atoms with Crippen LogP contribution in [-0.4, -0.2) is 71.3 Å². The molecule has 0 fully saturated rings. The van der Waals surface area contributed by atoms with Gasteiger partial charge in [-0.3, -0.25) is 24.0 Å². The number of hydrogen-bond donors (Lipinski definition) is 6. The van der Waals surface area contributed by atoms with Crippen LogP contribution in [0.4, 0.5) is 0 Å². The zero-order chi connectivity index (χ0) is 37.8. The number of carbonyl (C=O) groups is 6. The second kappa shape index (κ2) is 18.3. The highest BCUT2D eigenvalue weighted by Gasteiger charge is 2.30. The Morgan fingerprint density at radius 1 is 0.731 bits per heavy atom. The molecule has 6 N–H and O–H groups in total. The summed E-state index contributed by atoms with van der Waals surface area (Å²) < 4.78 is 5.82. The molecular formula is C39H45N5O8. The van der Waals surface area contributed by atoms with Crippen LogP contribution in [0, 0.1) is 12.8 Å². The lowest BCUT2D eigenvalue weighted by atomic mass is 10.0. The van der Waals surface area contributed by atoms with Crippen LogP contribution in [0.2, 0.25) is 0 Å². The van der Waals surface area contributed by atoms with Crippen molar-refractivity contribution in [2.75, 3.05) is 6.54 Å². The van der Waals surface area contributed by atoms with E-state index in [2.05, 4.69) is 26.6 Å². The van der Waals surface area contributed by atoms with E-state index in [0.29, 0.717) is 11.1 Å². The summed E-state index contributed by atoms with van der Waals surface area (Å²) in [6.07, 6.45) is 2.99. The molecule has 4 atom stereocenters. The summed E-state index contributed by atoms with van der Waals surface area (Å²) in [5, 5.41) is 22.8. The number of ether oxygens (including phenoxy) is 1. The van der Waals surface area contributed by atoms with Gasteiger partial charge in [-0.25, -0.2) is 4.79 Å². The van der Waals surface area contributed by atoms with Crippen LogP contribution >= 0.6 is 0 Å². The van der Waals surface area contributed by atoms with Gasteiger partial charge in [-0.05, 0) is 67.7 Å². The predicted octanol–water partition coefficient (Wildman–Crippen LogP) is 2.24. The first-order valence-electron chi connectivity index (χ1n) is 17.1. The Hall–Kier alpha value is -5.98. The molecule has 1 aliphatic rings. The lowest BCUT2D eigenvalue weighted by Crippen LogP contribution is -2.56. The maximum Gasteiger partial charge on any atom is 0.334 e. The largest absolute Gasteiger partial charge is 0.508 e. The molecule has 13 nitrogen and oxygen atoms in total. The zero-order valence-electron chi connectivity index (χ0n) is 29.6. The molecule has 0 aromatic heterocycles. The van der Waals surface area contributed by atoms with Crippen molar-refractivity contribution in [3.8, 4) is 11.5 Å². The quantitative estimate of drug-likeness (QED) is 0.166. The number of esters is 1. The number of aryl methyl sites for hydroxylation is 1. The highest BCUT2D eigenvalue weighted by Crippen LogP contribution is 2.23. The minimum atomic E-state index is -1.14. The molecule has 52 heavy (non-hydrogen) atoms. The monoisotopic (exact) mass is 711 g/mol. The summed E-state index contributed by atoms with van der Waals surface area (Å²) in [6.45, 7) is 6.52. The van der Waals surface area contributed by atoms with Crippen LogP contribution in [0.15, 0.2) is 78.9 Å². The summed E-state index contributed by atoms with van der Waals surface area (Å²) >= 11 is 0. The Balaban J connectivity index is 1.69. The van der Waals surface area contributed by atoms with E-state index < -0.39 is 66.2 Å². The van der Waals surface area contributed by atoms with Crippen LogP contribution in [-0.2, 0) is 41.6 Å². The lowest BCUT2D eigenvalue weighted by molar-refractivity contribution is -0.140. The molecule has 0 radical (unpaired) electrons.